The quantitative estimate of drug-likeness (QED) is 0.867. The van der Waals surface area contributed by atoms with E-state index in [1.54, 1.807) is 13.0 Å². The largest absolute Gasteiger partial charge is 0.573 e. The third-order valence-corrected chi connectivity index (χ3v) is 2.97. The molecule has 6 heteroatoms. The van der Waals surface area contributed by atoms with Gasteiger partial charge in [0.2, 0.25) is 0 Å². The lowest BCUT2D eigenvalue weighted by atomic mass is 9.97. The predicted molar refractivity (Wildman–Crippen MR) is 70.3 cm³/mol. The van der Waals surface area contributed by atoms with E-state index in [-0.39, 0.29) is 11.1 Å². The van der Waals surface area contributed by atoms with Crippen molar-refractivity contribution in [2.45, 2.75) is 19.3 Å². The van der Waals surface area contributed by atoms with E-state index < -0.39 is 24.0 Å². The number of ether oxygens (including phenoxy) is 1. The van der Waals surface area contributed by atoms with Crippen LogP contribution in [0, 0.1) is 12.7 Å². The predicted octanol–water partition coefficient (Wildman–Crippen LogP) is 4.08. The Hall–Kier alpha value is -2.08. The number of benzene rings is 2. The van der Waals surface area contributed by atoms with Gasteiger partial charge in [0.25, 0.3) is 0 Å². The molecule has 21 heavy (non-hydrogen) atoms. The first-order chi connectivity index (χ1) is 9.78. The standard InChI is InChI=1S/C15H13F4NO/c1-9-6-7-12(16)11(8-9)14(20)10-4-2-3-5-13(10)21-15(17,18)19/h2-8,14H,20H2,1H3. The van der Waals surface area contributed by atoms with E-state index in [2.05, 4.69) is 4.74 Å². The highest BCUT2D eigenvalue weighted by Crippen LogP contribution is 2.33. The molecule has 2 aromatic rings. The van der Waals surface area contributed by atoms with Crippen molar-refractivity contribution in [2.24, 2.45) is 5.73 Å². The molecule has 2 aromatic carbocycles. The number of hydrogen-bond acceptors (Lipinski definition) is 2. The Labute approximate surface area is 119 Å². The van der Waals surface area contributed by atoms with Crippen LogP contribution in [0.2, 0.25) is 0 Å². The van der Waals surface area contributed by atoms with Crippen LogP contribution in [0.3, 0.4) is 0 Å². The minimum absolute atomic E-state index is 0.0688. The van der Waals surface area contributed by atoms with E-state index in [1.807, 2.05) is 0 Å². The molecular weight excluding hydrogens is 286 g/mol. The molecule has 0 aromatic heterocycles. The fraction of sp³-hybridized carbons (Fsp3) is 0.200. The molecule has 0 heterocycles. The molecule has 0 saturated carbocycles. The molecule has 0 bridgehead atoms. The summed E-state index contributed by atoms with van der Waals surface area (Å²) in [6.45, 7) is 1.74. The zero-order valence-corrected chi connectivity index (χ0v) is 11.1. The van der Waals surface area contributed by atoms with E-state index in [9.17, 15) is 17.6 Å². The van der Waals surface area contributed by atoms with Crippen molar-refractivity contribution >= 4 is 0 Å². The Morgan fingerprint density at radius 3 is 2.38 bits per heavy atom. The van der Waals surface area contributed by atoms with Crippen LogP contribution in [-0.2, 0) is 0 Å². The van der Waals surface area contributed by atoms with Crippen molar-refractivity contribution in [3.05, 3.63) is 65.0 Å². The van der Waals surface area contributed by atoms with Gasteiger partial charge in [0, 0.05) is 11.1 Å². The Morgan fingerprint density at radius 2 is 1.71 bits per heavy atom. The maximum absolute atomic E-state index is 13.8. The Balaban J connectivity index is 2.44. The van der Waals surface area contributed by atoms with Gasteiger partial charge >= 0.3 is 6.36 Å². The molecule has 2 rings (SSSR count). The summed E-state index contributed by atoms with van der Waals surface area (Å²) in [7, 11) is 0. The monoisotopic (exact) mass is 299 g/mol. The minimum atomic E-state index is -4.83. The number of aryl methyl sites for hydroxylation is 1. The summed E-state index contributed by atoms with van der Waals surface area (Å²) in [6, 6.07) is 8.69. The van der Waals surface area contributed by atoms with Crippen LogP contribution in [0.1, 0.15) is 22.7 Å². The van der Waals surface area contributed by atoms with Crippen LogP contribution >= 0.6 is 0 Å². The lowest BCUT2D eigenvalue weighted by Gasteiger charge is -2.19. The third kappa shape index (κ3) is 3.72. The number of hydrogen-bond donors (Lipinski definition) is 1. The minimum Gasteiger partial charge on any atom is -0.405 e. The molecule has 0 radical (unpaired) electrons. The van der Waals surface area contributed by atoms with Crippen molar-refractivity contribution in [2.75, 3.05) is 0 Å². The summed E-state index contributed by atoms with van der Waals surface area (Å²) < 4.78 is 55.0. The topological polar surface area (TPSA) is 35.2 Å². The summed E-state index contributed by atoms with van der Waals surface area (Å²) >= 11 is 0. The molecule has 0 amide bonds. The highest BCUT2D eigenvalue weighted by Gasteiger charge is 2.33. The molecule has 2 nitrogen and oxygen atoms in total. The van der Waals surface area contributed by atoms with Crippen LogP contribution in [0.15, 0.2) is 42.5 Å². The molecule has 2 N–H and O–H groups in total. The summed E-state index contributed by atoms with van der Waals surface area (Å²) in [5.74, 6) is -1.01. The maximum Gasteiger partial charge on any atom is 0.573 e. The van der Waals surface area contributed by atoms with Gasteiger partial charge in [0.05, 0.1) is 6.04 Å². The van der Waals surface area contributed by atoms with E-state index in [0.29, 0.717) is 0 Å². The van der Waals surface area contributed by atoms with Gasteiger partial charge in [-0.2, -0.15) is 0 Å². The van der Waals surface area contributed by atoms with Crippen LogP contribution in [0.5, 0.6) is 5.75 Å². The zero-order chi connectivity index (χ0) is 15.6. The van der Waals surface area contributed by atoms with E-state index in [0.717, 1.165) is 11.6 Å². The number of rotatable bonds is 3. The lowest BCUT2D eigenvalue weighted by molar-refractivity contribution is -0.274. The SMILES string of the molecule is Cc1ccc(F)c(C(N)c2ccccc2OC(F)(F)F)c1. The van der Waals surface area contributed by atoms with Crippen molar-refractivity contribution in [3.63, 3.8) is 0 Å². The zero-order valence-electron chi connectivity index (χ0n) is 11.1. The average Bonchev–Trinajstić information content (AvgIpc) is 2.39. The average molecular weight is 299 g/mol. The molecule has 112 valence electrons. The van der Waals surface area contributed by atoms with Gasteiger partial charge in [-0.1, -0.05) is 35.9 Å². The molecule has 0 aliphatic heterocycles. The van der Waals surface area contributed by atoms with Crippen molar-refractivity contribution in [3.8, 4) is 5.75 Å². The molecule has 0 fully saturated rings. The van der Waals surface area contributed by atoms with Crippen molar-refractivity contribution in [1.82, 2.24) is 0 Å². The third-order valence-electron chi connectivity index (χ3n) is 2.97. The second kappa shape index (κ2) is 5.73. The molecule has 0 aliphatic carbocycles. The molecule has 0 aliphatic rings. The van der Waals surface area contributed by atoms with Crippen LogP contribution < -0.4 is 10.5 Å². The number of para-hydroxylation sites is 1. The maximum atomic E-state index is 13.8. The van der Waals surface area contributed by atoms with Crippen LogP contribution in [0.4, 0.5) is 17.6 Å². The van der Waals surface area contributed by atoms with E-state index in [4.69, 9.17) is 5.73 Å². The molecule has 1 atom stereocenters. The van der Waals surface area contributed by atoms with E-state index >= 15 is 0 Å². The number of nitrogens with two attached hydrogens (primary N) is 1. The first-order valence-electron chi connectivity index (χ1n) is 6.14. The summed E-state index contributed by atoms with van der Waals surface area (Å²) in [6.07, 6.45) is -4.83. The second-order valence-corrected chi connectivity index (χ2v) is 4.59. The first kappa shape index (κ1) is 15.3. The van der Waals surface area contributed by atoms with Gasteiger partial charge in [0.1, 0.15) is 11.6 Å². The van der Waals surface area contributed by atoms with E-state index in [1.165, 1.54) is 30.3 Å². The highest BCUT2D eigenvalue weighted by molar-refractivity contribution is 5.42. The Kier molecular flexibility index (Phi) is 4.18. The first-order valence-corrected chi connectivity index (χ1v) is 6.14. The lowest BCUT2D eigenvalue weighted by Crippen LogP contribution is -2.21. The molecule has 1 unspecified atom stereocenters. The normalized spacial score (nSPS) is 13.0. The summed E-state index contributed by atoms with van der Waals surface area (Å²) in [4.78, 5) is 0. The second-order valence-electron chi connectivity index (χ2n) is 4.59. The Morgan fingerprint density at radius 1 is 1.05 bits per heavy atom. The fourth-order valence-electron chi connectivity index (χ4n) is 2.02. The summed E-state index contributed by atoms with van der Waals surface area (Å²) in [5.41, 5.74) is 6.87. The smallest absolute Gasteiger partial charge is 0.405 e. The number of halogens is 4. The molecule has 0 saturated heterocycles. The van der Waals surface area contributed by atoms with Gasteiger partial charge in [-0.3, -0.25) is 0 Å². The summed E-state index contributed by atoms with van der Waals surface area (Å²) in [5, 5.41) is 0. The van der Waals surface area contributed by atoms with Gasteiger partial charge < -0.3 is 10.5 Å². The van der Waals surface area contributed by atoms with Gasteiger partial charge in [-0.25, -0.2) is 4.39 Å². The Bertz CT molecular complexity index is 640. The van der Waals surface area contributed by atoms with Crippen molar-refractivity contribution in [1.29, 1.82) is 0 Å². The fourth-order valence-corrected chi connectivity index (χ4v) is 2.02. The number of alkyl halides is 3. The molecule has 0 spiro atoms. The van der Waals surface area contributed by atoms with Gasteiger partial charge in [-0.15, -0.1) is 13.2 Å². The molecular formula is C15H13F4NO. The van der Waals surface area contributed by atoms with Gasteiger partial charge in [-0.05, 0) is 19.1 Å². The van der Waals surface area contributed by atoms with Crippen LogP contribution in [-0.4, -0.2) is 6.36 Å². The van der Waals surface area contributed by atoms with Crippen LogP contribution in [0.25, 0.3) is 0 Å². The van der Waals surface area contributed by atoms with Crippen molar-refractivity contribution < 1.29 is 22.3 Å². The highest BCUT2D eigenvalue weighted by atomic mass is 19.4. The van der Waals surface area contributed by atoms with Gasteiger partial charge in [0.15, 0.2) is 0 Å².